The van der Waals surface area contributed by atoms with Gasteiger partial charge in [0, 0.05) is 32.7 Å². The van der Waals surface area contributed by atoms with Crippen molar-refractivity contribution in [1.82, 2.24) is 9.55 Å². The fourth-order valence-electron chi connectivity index (χ4n) is 7.06. The molecule has 1 aliphatic rings. The average molecular weight is 535 g/mol. The van der Waals surface area contributed by atoms with Gasteiger partial charge in [-0.25, -0.2) is 4.98 Å². The minimum Gasteiger partial charge on any atom is -0.456 e. The Hall–Kier alpha value is -5.67. The first kappa shape index (κ1) is 22.1. The summed E-state index contributed by atoms with van der Waals surface area (Å²) in [5, 5.41) is 7.28. The third-order valence-corrected chi connectivity index (χ3v) is 8.94. The molecule has 6 aromatic carbocycles. The molecule has 194 valence electrons. The van der Waals surface area contributed by atoms with Gasteiger partial charge in [0.05, 0.1) is 16.7 Å². The molecule has 0 radical (unpaired) electrons. The van der Waals surface area contributed by atoms with E-state index in [0.717, 1.165) is 44.5 Å². The summed E-state index contributed by atoms with van der Waals surface area (Å²) in [6.07, 6.45) is 0. The second-order valence-electron chi connectivity index (χ2n) is 11.2. The summed E-state index contributed by atoms with van der Waals surface area (Å²) in [4.78, 5) is 5.33. The summed E-state index contributed by atoms with van der Waals surface area (Å²) >= 11 is 0. The lowest BCUT2D eigenvalue weighted by molar-refractivity contribution is 0.669. The van der Waals surface area contributed by atoms with Crippen molar-refractivity contribution in [2.45, 2.75) is 0 Å². The molecule has 0 saturated heterocycles. The molecule has 0 aliphatic heterocycles. The Morgan fingerprint density at radius 1 is 0.476 bits per heavy atom. The lowest BCUT2D eigenvalue weighted by Gasteiger charge is -2.10. The third kappa shape index (κ3) is 2.87. The van der Waals surface area contributed by atoms with Gasteiger partial charge in [0.1, 0.15) is 17.0 Å². The Kier molecular flexibility index (Phi) is 4.18. The minimum atomic E-state index is 0.915. The van der Waals surface area contributed by atoms with Gasteiger partial charge in [-0.15, -0.1) is 0 Å². The zero-order chi connectivity index (χ0) is 27.4. The number of hydrogen-bond donors (Lipinski definition) is 0. The van der Waals surface area contributed by atoms with E-state index in [0.29, 0.717) is 0 Å². The van der Waals surface area contributed by atoms with Gasteiger partial charge in [-0.1, -0.05) is 84.9 Å². The fourth-order valence-corrected chi connectivity index (χ4v) is 7.06. The second kappa shape index (κ2) is 7.96. The lowest BCUT2D eigenvalue weighted by atomic mass is 10.0. The van der Waals surface area contributed by atoms with Crippen LogP contribution in [0.25, 0.3) is 93.8 Å². The van der Waals surface area contributed by atoms with Crippen molar-refractivity contribution in [3.8, 4) is 39.3 Å². The van der Waals surface area contributed by atoms with Gasteiger partial charge < -0.3 is 4.42 Å². The van der Waals surface area contributed by atoms with Crippen LogP contribution in [0.4, 0.5) is 0 Å². The van der Waals surface area contributed by atoms with Crippen LogP contribution in [0.5, 0.6) is 0 Å². The van der Waals surface area contributed by atoms with Crippen LogP contribution in [-0.2, 0) is 0 Å². The Labute approximate surface area is 240 Å². The highest BCUT2D eigenvalue weighted by atomic mass is 16.3. The molecule has 3 heteroatoms. The van der Waals surface area contributed by atoms with Crippen LogP contribution in [-0.4, -0.2) is 9.55 Å². The molecule has 1 aliphatic carbocycles. The smallest absolute Gasteiger partial charge is 0.138 e. The number of furan rings is 1. The first-order valence-corrected chi connectivity index (χ1v) is 14.3. The first-order valence-electron chi connectivity index (χ1n) is 14.3. The average Bonchev–Trinajstić information content (AvgIpc) is 3.69. The molecule has 0 atom stereocenters. The Bertz CT molecular complexity index is 2580. The van der Waals surface area contributed by atoms with E-state index in [-0.39, 0.29) is 0 Å². The minimum absolute atomic E-state index is 0.915. The predicted octanol–water partition coefficient (Wildman–Crippen LogP) is 10.5. The van der Waals surface area contributed by atoms with Crippen molar-refractivity contribution < 1.29 is 4.42 Å². The number of hydrogen-bond acceptors (Lipinski definition) is 2. The molecule has 0 N–H and O–H groups in total. The van der Waals surface area contributed by atoms with E-state index in [9.17, 15) is 0 Å². The molecule has 10 rings (SSSR count). The summed E-state index contributed by atoms with van der Waals surface area (Å²) in [5.41, 5.74) is 11.2. The quantitative estimate of drug-likeness (QED) is 0.221. The van der Waals surface area contributed by atoms with Crippen LogP contribution < -0.4 is 0 Å². The SMILES string of the molecule is c1cc2c3c(cccc3c1)-c1nc(-n3c4ccccc4c4cc(-c5ccc6oc7ccccc7c6c5)ccc43)ccc1-2. The summed E-state index contributed by atoms with van der Waals surface area (Å²) in [6.45, 7) is 0. The van der Waals surface area contributed by atoms with Gasteiger partial charge in [0.2, 0.25) is 0 Å². The Morgan fingerprint density at radius 3 is 2.10 bits per heavy atom. The van der Waals surface area contributed by atoms with Gasteiger partial charge in [-0.3, -0.25) is 4.57 Å². The largest absolute Gasteiger partial charge is 0.456 e. The molecule has 0 fully saturated rings. The number of pyridine rings is 1. The van der Waals surface area contributed by atoms with Gasteiger partial charge in [0.25, 0.3) is 0 Å². The second-order valence-corrected chi connectivity index (χ2v) is 11.2. The normalized spacial score (nSPS) is 12.3. The van der Waals surface area contributed by atoms with E-state index in [1.165, 1.54) is 49.4 Å². The number of aromatic nitrogens is 2. The van der Waals surface area contributed by atoms with Crippen LogP contribution in [0.15, 0.2) is 138 Å². The molecule has 0 bridgehead atoms. The van der Waals surface area contributed by atoms with Crippen LogP contribution in [0, 0.1) is 0 Å². The molecule has 0 spiro atoms. The van der Waals surface area contributed by atoms with Crippen LogP contribution in [0.3, 0.4) is 0 Å². The maximum absolute atomic E-state index is 6.08. The van der Waals surface area contributed by atoms with Crippen molar-refractivity contribution in [2.75, 3.05) is 0 Å². The molecule has 3 nitrogen and oxygen atoms in total. The maximum Gasteiger partial charge on any atom is 0.138 e. The molecule has 42 heavy (non-hydrogen) atoms. The van der Waals surface area contributed by atoms with Crippen LogP contribution in [0.1, 0.15) is 0 Å². The standard InChI is InChI=1S/C39H22N2O/c1-3-13-33-26(9-1)31-21-24(25-16-19-36-32(22-25)27-10-2-4-14-35(27)42-36)15-18-34(31)41(33)37-20-17-29-28-11-5-7-23-8-6-12-30(38(23)28)39(29)40-37/h1-22H. The van der Waals surface area contributed by atoms with Crippen molar-refractivity contribution in [2.24, 2.45) is 0 Å². The highest BCUT2D eigenvalue weighted by molar-refractivity contribution is 6.15. The van der Waals surface area contributed by atoms with E-state index in [1.54, 1.807) is 0 Å². The molecule has 0 unspecified atom stereocenters. The van der Waals surface area contributed by atoms with E-state index in [4.69, 9.17) is 9.40 Å². The molecule has 9 aromatic rings. The predicted molar refractivity (Wildman–Crippen MR) is 173 cm³/mol. The first-order chi connectivity index (χ1) is 20.8. The van der Waals surface area contributed by atoms with Crippen molar-refractivity contribution >= 4 is 54.5 Å². The van der Waals surface area contributed by atoms with Crippen molar-refractivity contribution in [3.63, 3.8) is 0 Å². The number of para-hydroxylation sites is 2. The molecular weight excluding hydrogens is 512 g/mol. The third-order valence-electron chi connectivity index (χ3n) is 8.94. The lowest BCUT2D eigenvalue weighted by Crippen LogP contribution is -1.98. The Morgan fingerprint density at radius 2 is 1.19 bits per heavy atom. The summed E-state index contributed by atoms with van der Waals surface area (Å²) in [5.74, 6) is 0.934. The summed E-state index contributed by atoms with van der Waals surface area (Å²) < 4.78 is 8.39. The van der Waals surface area contributed by atoms with Crippen molar-refractivity contribution in [1.29, 1.82) is 0 Å². The molecular formula is C39H22N2O. The maximum atomic E-state index is 6.08. The van der Waals surface area contributed by atoms with Crippen molar-refractivity contribution in [3.05, 3.63) is 133 Å². The number of nitrogens with zero attached hydrogens (tertiary/aromatic N) is 2. The molecule has 0 amide bonds. The van der Waals surface area contributed by atoms with E-state index in [1.807, 2.05) is 12.1 Å². The van der Waals surface area contributed by atoms with Gasteiger partial charge in [-0.2, -0.15) is 0 Å². The van der Waals surface area contributed by atoms with Gasteiger partial charge >= 0.3 is 0 Å². The number of rotatable bonds is 2. The zero-order valence-corrected chi connectivity index (χ0v) is 22.5. The fraction of sp³-hybridized carbons (Fsp3) is 0. The monoisotopic (exact) mass is 534 g/mol. The van der Waals surface area contributed by atoms with E-state index < -0.39 is 0 Å². The highest BCUT2D eigenvalue weighted by Crippen LogP contribution is 2.47. The van der Waals surface area contributed by atoms with E-state index >= 15 is 0 Å². The number of fused-ring (bicyclic) bond motifs is 9. The summed E-state index contributed by atoms with van der Waals surface area (Å²) in [6, 6.07) is 47.7. The van der Waals surface area contributed by atoms with Gasteiger partial charge in [-0.05, 0) is 76.0 Å². The van der Waals surface area contributed by atoms with E-state index in [2.05, 4.69) is 126 Å². The zero-order valence-electron chi connectivity index (χ0n) is 22.5. The van der Waals surface area contributed by atoms with Gasteiger partial charge in [0.15, 0.2) is 0 Å². The Balaban J connectivity index is 1.18. The molecule has 3 heterocycles. The van der Waals surface area contributed by atoms with Crippen LogP contribution in [0.2, 0.25) is 0 Å². The topological polar surface area (TPSA) is 31.0 Å². The summed E-state index contributed by atoms with van der Waals surface area (Å²) in [7, 11) is 0. The molecule has 3 aromatic heterocycles. The van der Waals surface area contributed by atoms with Crippen LogP contribution >= 0.6 is 0 Å². The number of benzene rings is 6. The molecule has 0 saturated carbocycles. The highest BCUT2D eigenvalue weighted by Gasteiger charge is 2.24.